The summed E-state index contributed by atoms with van der Waals surface area (Å²) in [5, 5.41) is 9.10. The fourth-order valence-electron chi connectivity index (χ4n) is 2.56. The third kappa shape index (κ3) is 2.37. The van der Waals surface area contributed by atoms with Gasteiger partial charge in [-0.3, -0.25) is 9.59 Å². The van der Waals surface area contributed by atoms with E-state index in [2.05, 4.69) is 0 Å². The van der Waals surface area contributed by atoms with Gasteiger partial charge in [-0.15, -0.1) is 0 Å². The zero-order chi connectivity index (χ0) is 13.1. The second kappa shape index (κ2) is 5.21. The zero-order valence-electron chi connectivity index (χ0n) is 10.3. The van der Waals surface area contributed by atoms with Crippen molar-refractivity contribution < 1.29 is 19.4 Å². The lowest BCUT2D eigenvalue weighted by atomic mass is 9.88. The molecule has 2 rings (SSSR count). The number of rotatable bonds is 4. The maximum Gasteiger partial charge on any atom is 0.307 e. The summed E-state index contributed by atoms with van der Waals surface area (Å²) < 4.78 is 5.07. The van der Waals surface area contributed by atoms with E-state index in [9.17, 15) is 9.59 Å². The SMILES string of the molecule is COc1cccc(C(=O)[C@@H]2CCC[C@H]2C(=O)O)c1. The van der Waals surface area contributed by atoms with Crippen molar-refractivity contribution >= 4 is 11.8 Å². The Balaban J connectivity index is 2.22. The molecule has 1 aromatic carbocycles. The molecular weight excluding hydrogens is 232 g/mol. The minimum absolute atomic E-state index is 0.0844. The maximum absolute atomic E-state index is 12.3. The highest BCUT2D eigenvalue weighted by Gasteiger charge is 2.37. The summed E-state index contributed by atoms with van der Waals surface area (Å²) in [6.07, 6.45) is 2.06. The lowest BCUT2D eigenvalue weighted by molar-refractivity contribution is -0.142. The zero-order valence-corrected chi connectivity index (χ0v) is 10.3. The lowest BCUT2D eigenvalue weighted by Crippen LogP contribution is -2.25. The van der Waals surface area contributed by atoms with Gasteiger partial charge in [-0.1, -0.05) is 18.6 Å². The Morgan fingerprint density at radius 1 is 1.28 bits per heavy atom. The van der Waals surface area contributed by atoms with Crippen LogP contribution in [0.2, 0.25) is 0 Å². The Morgan fingerprint density at radius 2 is 2.00 bits per heavy atom. The van der Waals surface area contributed by atoms with Crippen LogP contribution >= 0.6 is 0 Å². The highest BCUT2D eigenvalue weighted by Crippen LogP contribution is 2.34. The number of hydrogen-bond donors (Lipinski definition) is 1. The van der Waals surface area contributed by atoms with Crippen LogP contribution in [0.3, 0.4) is 0 Å². The summed E-state index contributed by atoms with van der Waals surface area (Å²) in [4.78, 5) is 23.4. The van der Waals surface area contributed by atoms with Crippen molar-refractivity contribution in [2.24, 2.45) is 11.8 Å². The summed E-state index contributed by atoms with van der Waals surface area (Å²) in [5.74, 6) is -1.27. The number of Topliss-reactive ketones (excluding diaryl/α,β-unsaturated/α-hetero) is 1. The molecular formula is C14H16O4. The van der Waals surface area contributed by atoms with Crippen LogP contribution in [0.1, 0.15) is 29.6 Å². The van der Waals surface area contributed by atoms with E-state index >= 15 is 0 Å². The van der Waals surface area contributed by atoms with Crippen LogP contribution in [0.25, 0.3) is 0 Å². The van der Waals surface area contributed by atoms with Gasteiger partial charge in [-0.05, 0) is 25.0 Å². The molecule has 2 atom stereocenters. The highest BCUT2D eigenvalue weighted by atomic mass is 16.5. The number of methoxy groups -OCH3 is 1. The van der Waals surface area contributed by atoms with Gasteiger partial charge in [0, 0.05) is 11.5 Å². The van der Waals surface area contributed by atoms with Crippen LogP contribution in [-0.4, -0.2) is 24.0 Å². The van der Waals surface area contributed by atoms with Crippen LogP contribution in [0, 0.1) is 11.8 Å². The summed E-state index contributed by atoms with van der Waals surface area (Å²) in [6.45, 7) is 0. The number of benzene rings is 1. The van der Waals surface area contributed by atoms with E-state index in [0.29, 0.717) is 24.2 Å². The first-order chi connectivity index (χ1) is 8.63. The molecule has 0 amide bonds. The third-order valence-corrected chi connectivity index (χ3v) is 3.52. The molecule has 1 aliphatic rings. The molecule has 0 spiro atoms. The number of ether oxygens (including phenoxy) is 1. The van der Waals surface area contributed by atoms with E-state index in [1.165, 1.54) is 0 Å². The van der Waals surface area contributed by atoms with Gasteiger partial charge >= 0.3 is 5.97 Å². The van der Waals surface area contributed by atoms with Crippen molar-refractivity contribution in [3.63, 3.8) is 0 Å². The van der Waals surface area contributed by atoms with E-state index in [1.54, 1.807) is 31.4 Å². The fraction of sp³-hybridized carbons (Fsp3) is 0.429. The van der Waals surface area contributed by atoms with Crippen molar-refractivity contribution in [3.8, 4) is 5.75 Å². The molecule has 4 nitrogen and oxygen atoms in total. The number of carboxylic acids is 1. The molecule has 0 bridgehead atoms. The van der Waals surface area contributed by atoms with Gasteiger partial charge in [0.2, 0.25) is 0 Å². The highest BCUT2D eigenvalue weighted by molar-refractivity contribution is 6.00. The molecule has 0 aromatic heterocycles. The summed E-state index contributed by atoms with van der Waals surface area (Å²) in [5.41, 5.74) is 0.535. The van der Waals surface area contributed by atoms with E-state index in [-0.39, 0.29) is 5.78 Å². The third-order valence-electron chi connectivity index (χ3n) is 3.52. The topological polar surface area (TPSA) is 63.6 Å². The van der Waals surface area contributed by atoms with Gasteiger partial charge < -0.3 is 9.84 Å². The van der Waals surface area contributed by atoms with Crippen LogP contribution in [0.4, 0.5) is 0 Å². The quantitative estimate of drug-likeness (QED) is 0.831. The van der Waals surface area contributed by atoms with Crippen LogP contribution in [0.15, 0.2) is 24.3 Å². The molecule has 0 radical (unpaired) electrons. The first-order valence-electron chi connectivity index (χ1n) is 6.04. The number of carbonyl (C=O) groups excluding carboxylic acids is 1. The Morgan fingerprint density at radius 3 is 2.67 bits per heavy atom. The molecule has 1 fully saturated rings. The predicted octanol–water partition coefficient (Wildman–Crippen LogP) is 2.38. The summed E-state index contributed by atoms with van der Waals surface area (Å²) in [7, 11) is 1.54. The minimum Gasteiger partial charge on any atom is -0.497 e. The van der Waals surface area contributed by atoms with E-state index < -0.39 is 17.8 Å². The van der Waals surface area contributed by atoms with Crippen LogP contribution in [-0.2, 0) is 4.79 Å². The molecule has 18 heavy (non-hydrogen) atoms. The Hall–Kier alpha value is -1.84. The van der Waals surface area contributed by atoms with Gasteiger partial charge in [0.25, 0.3) is 0 Å². The predicted molar refractivity (Wildman–Crippen MR) is 65.8 cm³/mol. The first kappa shape index (κ1) is 12.6. The monoisotopic (exact) mass is 248 g/mol. The second-order valence-corrected chi connectivity index (χ2v) is 4.58. The number of carbonyl (C=O) groups is 2. The smallest absolute Gasteiger partial charge is 0.307 e. The maximum atomic E-state index is 12.3. The average Bonchev–Trinajstić information content (AvgIpc) is 2.87. The fourth-order valence-corrected chi connectivity index (χ4v) is 2.56. The molecule has 0 unspecified atom stereocenters. The van der Waals surface area contributed by atoms with E-state index in [1.807, 2.05) is 0 Å². The number of hydrogen-bond acceptors (Lipinski definition) is 3. The molecule has 0 saturated heterocycles. The molecule has 1 saturated carbocycles. The standard InChI is InChI=1S/C14H16O4/c1-18-10-5-2-4-9(8-10)13(15)11-6-3-7-12(11)14(16)17/h2,4-5,8,11-12H,3,6-7H2,1H3,(H,16,17)/t11-,12-/m1/s1. The van der Waals surface area contributed by atoms with Gasteiger partial charge in [-0.2, -0.15) is 0 Å². The number of ketones is 1. The van der Waals surface area contributed by atoms with Crippen molar-refractivity contribution in [2.45, 2.75) is 19.3 Å². The van der Waals surface area contributed by atoms with Gasteiger partial charge in [-0.25, -0.2) is 0 Å². The van der Waals surface area contributed by atoms with Gasteiger partial charge in [0.05, 0.1) is 13.0 Å². The molecule has 4 heteroatoms. The van der Waals surface area contributed by atoms with E-state index in [4.69, 9.17) is 9.84 Å². The van der Waals surface area contributed by atoms with Crippen LogP contribution < -0.4 is 4.74 Å². The largest absolute Gasteiger partial charge is 0.497 e. The Bertz CT molecular complexity index is 467. The minimum atomic E-state index is -0.867. The Kier molecular flexibility index (Phi) is 3.65. The van der Waals surface area contributed by atoms with Gasteiger partial charge in [0.15, 0.2) is 5.78 Å². The first-order valence-corrected chi connectivity index (χ1v) is 6.04. The molecule has 0 heterocycles. The molecule has 0 aliphatic heterocycles. The molecule has 1 aromatic rings. The van der Waals surface area contributed by atoms with Crippen molar-refractivity contribution in [1.82, 2.24) is 0 Å². The van der Waals surface area contributed by atoms with Crippen molar-refractivity contribution in [3.05, 3.63) is 29.8 Å². The van der Waals surface area contributed by atoms with E-state index in [0.717, 1.165) is 6.42 Å². The molecule has 1 N–H and O–H groups in total. The summed E-state index contributed by atoms with van der Waals surface area (Å²) in [6, 6.07) is 6.89. The molecule has 1 aliphatic carbocycles. The van der Waals surface area contributed by atoms with Crippen molar-refractivity contribution in [2.75, 3.05) is 7.11 Å². The Labute approximate surface area is 106 Å². The van der Waals surface area contributed by atoms with Crippen molar-refractivity contribution in [1.29, 1.82) is 0 Å². The van der Waals surface area contributed by atoms with Gasteiger partial charge in [0.1, 0.15) is 5.75 Å². The number of carboxylic acid groups (broad SMARTS) is 1. The second-order valence-electron chi connectivity index (χ2n) is 4.58. The lowest BCUT2D eigenvalue weighted by Gasteiger charge is -2.14. The summed E-state index contributed by atoms with van der Waals surface area (Å²) >= 11 is 0. The normalized spacial score (nSPS) is 22.7. The van der Waals surface area contributed by atoms with Crippen LogP contribution in [0.5, 0.6) is 5.75 Å². The number of aliphatic carboxylic acids is 1. The molecule has 96 valence electrons. The average molecular weight is 248 g/mol.